The summed E-state index contributed by atoms with van der Waals surface area (Å²) in [7, 11) is 1.65. The van der Waals surface area contributed by atoms with Gasteiger partial charge in [-0.3, -0.25) is 4.79 Å². The van der Waals surface area contributed by atoms with Gasteiger partial charge in [-0.25, -0.2) is 9.97 Å². The SMILES string of the molecule is COCCNC(=O)[C@H]1CCCN(c2nc(-c3ccccc3)nc3c2CCC3)C1. The van der Waals surface area contributed by atoms with Crippen LogP contribution in [0.3, 0.4) is 0 Å². The van der Waals surface area contributed by atoms with Gasteiger partial charge in [0.05, 0.1) is 12.5 Å². The highest BCUT2D eigenvalue weighted by Crippen LogP contribution is 2.33. The molecule has 1 aliphatic heterocycles. The normalized spacial score (nSPS) is 18.8. The minimum absolute atomic E-state index is 0.00204. The molecular weight excluding hydrogens is 352 g/mol. The van der Waals surface area contributed by atoms with Gasteiger partial charge in [0.25, 0.3) is 0 Å². The molecule has 1 aromatic carbocycles. The Kier molecular flexibility index (Phi) is 5.86. The van der Waals surface area contributed by atoms with E-state index in [1.54, 1.807) is 7.11 Å². The number of rotatable bonds is 6. The first-order chi connectivity index (χ1) is 13.8. The Morgan fingerprint density at radius 2 is 2.07 bits per heavy atom. The molecule has 2 aliphatic rings. The van der Waals surface area contributed by atoms with Gasteiger partial charge in [0.2, 0.25) is 5.91 Å². The zero-order valence-corrected chi connectivity index (χ0v) is 16.5. The van der Waals surface area contributed by atoms with Crippen molar-refractivity contribution >= 4 is 11.7 Å². The van der Waals surface area contributed by atoms with Gasteiger partial charge >= 0.3 is 0 Å². The maximum absolute atomic E-state index is 12.5. The molecule has 0 radical (unpaired) electrons. The highest BCUT2D eigenvalue weighted by atomic mass is 16.5. The zero-order valence-electron chi connectivity index (χ0n) is 16.5. The number of piperidine rings is 1. The van der Waals surface area contributed by atoms with Crippen molar-refractivity contribution in [1.82, 2.24) is 15.3 Å². The topological polar surface area (TPSA) is 67.3 Å². The summed E-state index contributed by atoms with van der Waals surface area (Å²) < 4.78 is 5.03. The van der Waals surface area contributed by atoms with Crippen molar-refractivity contribution in [2.75, 3.05) is 38.3 Å². The molecule has 1 N–H and O–H groups in total. The van der Waals surface area contributed by atoms with Gasteiger partial charge in [0, 0.05) is 43.6 Å². The molecule has 6 nitrogen and oxygen atoms in total. The number of nitrogens with zero attached hydrogens (tertiary/aromatic N) is 3. The van der Waals surface area contributed by atoms with E-state index in [1.165, 1.54) is 11.3 Å². The summed E-state index contributed by atoms with van der Waals surface area (Å²) in [4.78, 5) is 24.7. The van der Waals surface area contributed by atoms with Crippen molar-refractivity contribution in [2.45, 2.75) is 32.1 Å². The minimum Gasteiger partial charge on any atom is -0.383 e. The molecule has 1 aliphatic carbocycles. The number of amides is 1. The Labute approximate surface area is 166 Å². The standard InChI is InChI=1S/C22H28N4O2/c1-28-14-12-23-22(27)17-9-6-13-26(15-17)21-18-10-5-11-19(18)24-20(25-21)16-7-3-2-4-8-16/h2-4,7-8,17H,5-6,9-15H2,1H3,(H,23,27)/t17-/m0/s1. The van der Waals surface area contributed by atoms with E-state index in [4.69, 9.17) is 14.7 Å². The smallest absolute Gasteiger partial charge is 0.224 e. The largest absolute Gasteiger partial charge is 0.383 e. The second-order valence-electron chi connectivity index (χ2n) is 7.58. The van der Waals surface area contributed by atoms with Gasteiger partial charge in [-0.15, -0.1) is 0 Å². The molecule has 148 valence electrons. The molecule has 2 aromatic rings. The van der Waals surface area contributed by atoms with Crippen LogP contribution >= 0.6 is 0 Å². The van der Waals surface area contributed by atoms with Gasteiger partial charge in [-0.05, 0) is 32.1 Å². The first-order valence-corrected chi connectivity index (χ1v) is 10.2. The highest BCUT2D eigenvalue weighted by Gasteiger charge is 2.30. The Morgan fingerprint density at radius 1 is 1.21 bits per heavy atom. The van der Waals surface area contributed by atoms with E-state index >= 15 is 0 Å². The van der Waals surface area contributed by atoms with Crippen molar-refractivity contribution in [3.05, 3.63) is 41.6 Å². The van der Waals surface area contributed by atoms with Gasteiger partial charge in [0.15, 0.2) is 5.82 Å². The van der Waals surface area contributed by atoms with Crippen LogP contribution in [0.5, 0.6) is 0 Å². The first-order valence-electron chi connectivity index (χ1n) is 10.2. The number of benzene rings is 1. The predicted octanol–water partition coefficient (Wildman–Crippen LogP) is 2.61. The van der Waals surface area contributed by atoms with Crippen LogP contribution in [-0.2, 0) is 22.4 Å². The van der Waals surface area contributed by atoms with Crippen molar-refractivity contribution in [2.24, 2.45) is 5.92 Å². The number of aryl methyl sites for hydroxylation is 1. The summed E-state index contributed by atoms with van der Waals surface area (Å²) in [6.45, 7) is 2.77. The Bertz CT molecular complexity index is 825. The van der Waals surface area contributed by atoms with Gasteiger partial charge in [-0.2, -0.15) is 0 Å². The second kappa shape index (κ2) is 8.69. The molecule has 0 saturated carbocycles. The number of hydrogen-bond donors (Lipinski definition) is 1. The van der Waals surface area contributed by atoms with Crippen LogP contribution in [0, 0.1) is 5.92 Å². The predicted molar refractivity (Wildman–Crippen MR) is 109 cm³/mol. The lowest BCUT2D eigenvalue weighted by molar-refractivity contribution is -0.125. The number of anilines is 1. The van der Waals surface area contributed by atoms with Crippen molar-refractivity contribution < 1.29 is 9.53 Å². The van der Waals surface area contributed by atoms with Crippen molar-refractivity contribution in [1.29, 1.82) is 0 Å². The fourth-order valence-corrected chi connectivity index (χ4v) is 4.19. The van der Waals surface area contributed by atoms with Crippen molar-refractivity contribution in [3.8, 4) is 11.4 Å². The van der Waals surface area contributed by atoms with Gasteiger partial charge in [0.1, 0.15) is 5.82 Å². The third-order valence-corrected chi connectivity index (χ3v) is 5.64. The third kappa shape index (κ3) is 4.02. The number of ether oxygens (including phenoxy) is 1. The van der Waals surface area contributed by atoms with Gasteiger partial charge < -0.3 is 15.0 Å². The fraction of sp³-hybridized carbons (Fsp3) is 0.500. The lowest BCUT2D eigenvalue weighted by Crippen LogP contribution is -2.44. The second-order valence-corrected chi connectivity index (χ2v) is 7.58. The number of fused-ring (bicyclic) bond motifs is 1. The van der Waals surface area contributed by atoms with E-state index in [0.717, 1.165) is 62.4 Å². The Hall–Kier alpha value is -2.47. The summed E-state index contributed by atoms with van der Waals surface area (Å²) in [5, 5.41) is 2.99. The van der Waals surface area contributed by atoms with Gasteiger partial charge in [-0.1, -0.05) is 30.3 Å². The molecule has 0 unspecified atom stereocenters. The van der Waals surface area contributed by atoms with E-state index < -0.39 is 0 Å². The molecule has 1 aromatic heterocycles. The maximum atomic E-state index is 12.5. The van der Waals surface area contributed by atoms with Crippen LogP contribution in [0.1, 0.15) is 30.5 Å². The summed E-state index contributed by atoms with van der Waals surface area (Å²) in [5.41, 5.74) is 3.50. The number of aromatic nitrogens is 2. The quantitative estimate of drug-likeness (QED) is 0.781. The summed E-state index contributed by atoms with van der Waals surface area (Å²) in [6, 6.07) is 10.2. The number of nitrogens with one attached hydrogen (secondary N) is 1. The molecule has 4 rings (SSSR count). The van der Waals surface area contributed by atoms with E-state index in [-0.39, 0.29) is 11.8 Å². The van der Waals surface area contributed by atoms with E-state index in [2.05, 4.69) is 22.3 Å². The average Bonchev–Trinajstić information content (AvgIpc) is 3.22. The van der Waals surface area contributed by atoms with Crippen LogP contribution in [0.4, 0.5) is 5.82 Å². The first kappa shape index (κ1) is 18.9. The zero-order chi connectivity index (χ0) is 19.3. The van der Waals surface area contributed by atoms with Crippen LogP contribution in [0.15, 0.2) is 30.3 Å². The molecular formula is C22H28N4O2. The van der Waals surface area contributed by atoms with Crippen LogP contribution in [0.25, 0.3) is 11.4 Å². The number of carbonyl (C=O) groups is 1. The molecule has 2 heterocycles. The lowest BCUT2D eigenvalue weighted by Gasteiger charge is -2.34. The Balaban J connectivity index is 1.58. The van der Waals surface area contributed by atoms with Crippen LogP contribution in [0.2, 0.25) is 0 Å². The molecule has 0 spiro atoms. The lowest BCUT2D eigenvalue weighted by atomic mass is 9.96. The third-order valence-electron chi connectivity index (χ3n) is 5.64. The molecule has 6 heteroatoms. The molecule has 1 saturated heterocycles. The van der Waals surface area contributed by atoms with E-state index in [1.807, 2.05) is 18.2 Å². The summed E-state index contributed by atoms with van der Waals surface area (Å²) >= 11 is 0. The maximum Gasteiger partial charge on any atom is 0.224 e. The number of methoxy groups -OCH3 is 1. The monoisotopic (exact) mass is 380 g/mol. The van der Waals surface area contributed by atoms with E-state index in [9.17, 15) is 4.79 Å². The highest BCUT2D eigenvalue weighted by molar-refractivity contribution is 5.79. The summed E-state index contributed by atoms with van der Waals surface area (Å²) in [6.07, 6.45) is 5.10. The van der Waals surface area contributed by atoms with Crippen molar-refractivity contribution in [3.63, 3.8) is 0 Å². The number of carbonyl (C=O) groups excluding carboxylic acids is 1. The molecule has 1 amide bonds. The molecule has 0 bridgehead atoms. The average molecular weight is 380 g/mol. The molecule has 1 atom stereocenters. The minimum atomic E-state index is -0.00204. The number of hydrogen-bond acceptors (Lipinski definition) is 5. The summed E-state index contributed by atoms with van der Waals surface area (Å²) in [5.74, 6) is 1.95. The fourth-order valence-electron chi connectivity index (χ4n) is 4.19. The van der Waals surface area contributed by atoms with E-state index in [0.29, 0.717) is 13.2 Å². The Morgan fingerprint density at radius 3 is 2.89 bits per heavy atom. The molecule has 1 fully saturated rings. The van der Waals surface area contributed by atoms with Crippen LogP contribution < -0.4 is 10.2 Å². The molecule has 28 heavy (non-hydrogen) atoms. The van der Waals surface area contributed by atoms with Crippen LogP contribution in [-0.4, -0.2) is 49.2 Å².